The number of hydrogen-bond acceptors (Lipinski definition) is 3. The summed E-state index contributed by atoms with van der Waals surface area (Å²) in [5, 5.41) is 27.7. The summed E-state index contributed by atoms with van der Waals surface area (Å²) < 4.78 is 0. The van der Waals surface area contributed by atoms with Crippen LogP contribution in [0.2, 0.25) is 0 Å². The number of aliphatic hydroxyl groups is 1. The van der Waals surface area contributed by atoms with Gasteiger partial charge >= 0.3 is 5.97 Å². The van der Waals surface area contributed by atoms with Crippen molar-refractivity contribution in [1.82, 2.24) is 0 Å². The molecule has 0 aliphatic carbocycles. The number of rotatable bonds is 3. The number of aromatic carboxylic acids is 1. The maximum atomic E-state index is 10.6. The molecule has 0 aromatic heterocycles. The van der Waals surface area contributed by atoms with Crippen LogP contribution in [0.5, 0.6) is 5.75 Å². The van der Waals surface area contributed by atoms with Gasteiger partial charge in [0.05, 0.1) is 6.10 Å². The van der Waals surface area contributed by atoms with Crippen LogP contribution in [-0.2, 0) is 0 Å². The quantitative estimate of drug-likeness (QED) is 0.685. The Morgan fingerprint density at radius 2 is 2.14 bits per heavy atom. The Balaban J connectivity index is 3.20. The van der Waals surface area contributed by atoms with Crippen molar-refractivity contribution in [2.45, 2.75) is 19.4 Å². The third-order valence-corrected chi connectivity index (χ3v) is 2.04. The lowest BCUT2D eigenvalue weighted by molar-refractivity contribution is 0.0693. The number of hydrogen-bond donors (Lipinski definition) is 3. The molecule has 4 nitrogen and oxygen atoms in total. The van der Waals surface area contributed by atoms with E-state index in [9.17, 15) is 15.0 Å². The fourth-order valence-electron chi connectivity index (χ4n) is 1.22. The maximum Gasteiger partial charge on any atom is 0.339 e. The van der Waals surface area contributed by atoms with Gasteiger partial charge in [0.2, 0.25) is 0 Å². The molecule has 1 unspecified atom stereocenters. The zero-order valence-corrected chi connectivity index (χ0v) is 7.77. The number of aromatic hydroxyl groups is 1. The van der Waals surface area contributed by atoms with Crippen LogP contribution in [0.25, 0.3) is 0 Å². The second-order valence-corrected chi connectivity index (χ2v) is 2.97. The first kappa shape index (κ1) is 10.5. The topological polar surface area (TPSA) is 77.8 Å². The van der Waals surface area contributed by atoms with Gasteiger partial charge in [-0.3, -0.25) is 0 Å². The second kappa shape index (κ2) is 4.11. The summed E-state index contributed by atoms with van der Waals surface area (Å²) in [5.74, 6) is -1.55. The molecule has 0 spiro atoms. The lowest BCUT2D eigenvalue weighted by Gasteiger charge is -2.11. The molecule has 1 rings (SSSR count). The molecule has 0 aliphatic heterocycles. The number of carboxylic acid groups (broad SMARTS) is 1. The highest BCUT2D eigenvalue weighted by atomic mass is 16.4. The van der Waals surface area contributed by atoms with Crippen LogP contribution in [0, 0.1) is 0 Å². The summed E-state index contributed by atoms with van der Waals surface area (Å²) in [4.78, 5) is 10.6. The standard InChI is InChI=1S/C10H12O4/c1-2-8(11)6-4-3-5-7(9(6)12)10(13)14/h3-5,8,11-12H,2H2,1H3,(H,13,14). The van der Waals surface area contributed by atoms with Crippen molar-refractivity contribution in [3.8, 4) is 5.75 Å². The molecule has 14 heavy (non-hydrogen) atoms. The van der Waals surface area contributed by atoms with Gasteiger partial charge in [0.1, 0.15) is 11.3 Å². The van der Waals surface area contributed by atoms with E-state index in [1.807, 2.05) is 0 Å². The minimum absolute atomic E-state index is 0.185. The van der Waals surface area contributed by atoms with Crippen molar-refractivity contribution in [1.29, 1.82) is 0 Å². The number of carboxylic acids is 1. The largest absolute Gasteiger partial charge is 0.507 e. The Morgan fingerprint density at radius 3 is 2.64 bits per heavy atom. The summed E-state index contributed by atoms with van der Waals surface area (Å²) >= 11 is 0. The summed E-state index contributed by atoms with van der Waals surface area (Å²) in [6.07, 6.45) is -0.398. The first-order chi connectivity index (χ1) is 6.57. The molecule has 0 saturated heterocycles. The highest BCUT2D eigenvalue weighted by Gasteiger charge is 2.16. The molecule has 3 N–H and O–H groups in total. The SMILES string of the molecule is CCC(O)c1cccc(C(=O)O)c1O. The molecule has 1 aromatic rings. The van der Waals surface area contributed by atoms with Crippen molar-refractivity contribution in [2.75, 3.05) is 0 Å². The fourth-order valence-corrected chi connectivity index (χ4v) is 1.22. The molecule has 0 bridgehead atoms. The van der Waals surface area contributed by atoms with Crippen LogP contribution in [-0.4, -0.2) is 21.3 Å². The van der Waals surface area contributed by atoms with Gasteiger partial charge in [0, 0.05) is 5.56 Å². The first-order valence-corrected chi connectivity index (χ1v) is 4.31. The van der Waals surface area contributed by atoms with E-state index in [2.05, 4.69) is 0 Å². The van der Waals surface area contributed by atoms with E-state index in [1.54, 1.807) is 6.92 Å². The molecular weight excluding hydrogens is 184 g/mol. The number of phenols is 1. The third kappa shape index (κ3) is 1.85. The van der Waals surface area contributed by atoms with E-state index < -0.39 is 12.1 Å². The smallest absolute Gasteiger partial charge is 0.339 e. The predicted molar refractivity (Wildman–Crippen MR) is 50.3 cm³/mol. The lowest BCUT2D eigenvalue weighted by Crippen LogP contribution is -2.02. The summed E-state index contributed by atoms with van der Waals surface area (Å²) in [6, 6.07) is 4.30. The van der Waals surface area contributed by atoms with Crippen molar-refractivity contribution in [2.24, 2.45) is 0 Å². The summed E-state index contributed by atoms with van der Waals surface area (Å²) in [6.45, 7) is 1.75. The van der Waals surface area contributed by atoms with E-state index in [0.29, 0.717) is 6.42 Å². The van der Waals surface area contributed by atoms with Crippen molar-refractivity contribution in [3.63, 3.8) is 0 Å². The van der Waals surface area contributed by atoms with Crippen molar-refractivity contribution < 1.29 is 20.1 Å². The lowest BCUT2D eigenvalue weighted by atomic mass is 10.0. The van der Waals surface area contributed by atoms with Gasteiger partial charge in [0.25, 0.3) is 0 Å². The minimum Gasteiger partial charge on any atom is -0.507 e. The maximum absolute atomic E-state index is 10.6. The Morgan fingerprint density at radius 1 is 1.50 bits per heavy atom. The molecule has 0 amide bonds. The molecule has 0 fully saturated rings. The number of aliphatic hydroxyl groups excluding tert-OH is 1. The van der Waals surface area contributed by atoms with Crippen LogP contribution in [0.4, 0.5) is 0 Å². The Bertz CT molecular complexity index is 346. The normalized spacial score (nSPS) is 12.4. The molecule has 0 heterocycles. The molecule has 0 aliphatic rings. The van der Waals surface area contributed by atoms with Crippen molar-refractivity contribution >= 4 is 5.97 Å². The van der Waals surface area contributed by atoms with Crippen molar-refractivity contribution in [3.05, 3.63) is 29.3 Å². The number of para-hydroxylation sites is 1. The van der Waals surface area contributed by atoms with Gasteiger partial charge in [-0.25, -0.2) is 4.79 Å². The summed E-state index contributed by atoms with van der Waals surface area (Å²) in [5.41, 5.74) is 0.0717. The van der Waals surface area contributed by atoms with E-state index >= 15 is 0 Å². The van der Waals surface area contributed by atoms with Crippen LogP contribution >= 0.6 is 0 Å². The van der Waals surface area contributed by atoms with Gasteiger partial charge < -0.3 is 15.3 Å². The molecule has 1 atom stereocenters. The van der Waals surface area contributed by atoms with Crippen LogP contribution in [0.15, 0.2) is 18.2 Å². The van der Waals surface area contributed by atoms with E-state index in [-0.39, 0.29) is 16.9 Å². The van der Waals surface area contributed by atoms with Gasteiger partial charge in [0.15, 0.2) is 0 Å². The van der Waals surface area contributed by atoms with E-state index in [1.165, 1.54) is 18.2 Å². The zero-order valence-electron chi connectivity index (χ0n) is 7.77. The van der Waals surface area contributed by atoms with E-state index in [4.69, 9.17) is 5.11 Å². The second-order valence-electron chi connectivity index (χ2n) is 2.97. The molecule has 76 valence electrons. The number of carbonyl (C=O) groups is 1. The Hall–Kier alpha value is -1.55. The Labute approximate surface area is 81.4 Å². The highest BCUT2D eigenvalue weighted by Crippen LogP contribution is 2.29. The Kier molecular flexibility index (Phi) is 3.09. The molecular formula is C10H12O4. The van der Waals surface area contributed by atoms with Gasteiger partial charge in [-0.05, 0) is 12.5 Å². The highest BCUT2D eigenvalue weighted by molar-refractivity contribution is 5.91. The first-order valence-electron chi connectivity index (χ1n) is 4.31. The zero-order chi connectivity index (χ0) is 10.7. The average molecular weight is 196 g/mol. The molecule has 0 radical (unpaired) electrons. The van der Waals surface area contributed by atoms with Crippen LogP contribution in [0.3, 0.4) is 0 Å². The van der Waals surface area contributed by atoms with Crippen LogP contribution in [0.1, 0.15) is 35.4 Å². The van der Waals surface area contributed by atoms with Gasteiger partial charge in [-0.15, -0.1) is 0 Å². The monoisotopic (exact) mass is 196 g/mol. The number of benzene rings is 1. The molecule has 1 aromatic carbocycles. The van der Waals surface area contributed by atoms with Crippen LogP contribution < -0.4 is 0 Å². The molecule has 0 saturated carbocycles. The minimum atomic E-state index is -1.20. The summed E-state index contributed by atoms with van der Waals surface area (Å²) in [7, 11) is 0. The van der Waals surface area contributed by atoms with E-state index in [0.717, 1.165) is 0 Å². The predicted octanol–water partition coefficient (Wildman–Crippen LogP) is 1.53. The molecule has 4 heteroatoms. The average Bonchev–Trinajstić information content (AvgIpc) is 2.16. The van der Waals surface area contributed by atoms with Gasteiger partial charge in [-0.1, -0.05) is 19.1 Å². The third-order valence-electron chi connectivity index (χ3n) is 2.04. The van der Waals surface area contributed by atoms with Gasteiger partial charge in [-0.2, -0.15) is 0 Å². The fraction of sp³-hybridized carbons (Fsp3) is 0.300.